The quantitative estimate of drug-likeness (QED) is 0.562. The molecule has 0 radical (unpaired) electrons. The summed E-state index contributed by atoms with van der Waals surface area (Å²) in [5.41, 5.74) is 3.02. The van der Waals surface area contributed by atoms with E-state index in [2.05, 4.69) is 49.1 Å². The second kappa shape index (κ2) is 10.1. The number of hydrogen-bond donors (Lipinski definition) is 1. The van der Waals surface area contributed by atoms with E-state index in [1.165, 1.54) is 5.57 Å². The van der Waals surface area contributed by atoms with Crippen molar-refractivity contribution in [2.75, 3.05) is 19.6 Å². The van der Waals surface area contributed by atoms with E-state index in [9.17, 15) is 4.79 Å². The van der Waals surface area contributed by atoms with Crippen molar-refractivity contribution in [3.05, 3.63) is 34.1 Å². The molecule has 0 aromatic carbocycles. The molecular weight excluding hydrogens is 360 g/mol. The third kappa shape index (κ3) is 6.82. The van der Waals surface area contributed by atoms with Crippen LogP contribution in [0.3, 0.4) is 0 Å². The number of allylic oxidation sites excluding steroid dienone is 1. The number of nitrogens with one attached hydrogen (secondary N) is 1. The van der Waals surface area contributed by atoms with Gasteiger partial charge in [0.2, 0.25) is 5.91 Å². The Labute approximate surface area is 168 Å². The monoisotopic (exact) mass is 392 g/mol. The lowest BCUT2D eigenvalue weighted by atomic mass is 10.0. The highest BCUT2D eigenvalue weighted by molar-refractivity contribution is 6.31. The largest absolute Gasteiger partial charge is 0.350 e. The lowest BCUT2D eigenvalue weighted by molar-refractivity contribution is -0.117. The third-order valence-electron chi connectivity index (χ3n) is 4.74. The Bertz CT molecular complexity index is 693. The number of likely N-dealkylation sites (tertiary alicyclic amines) is 1. The SMILES string of the molecule is CC(C)=CCN1CCC(NC(=O)/C=C/c2c(C)nn(CC(C)C)c2Cl)CC1. The molecule has 0 saturated carbocycles. The zero-order valence-corrected chi connectivity index (χ0v) is 18.0. The molecule has 2 rings (SSSR count). The Morgan fingerprint density at radius 2 is 2.00 bits per heavy atom. The summed E-state index contributed by atoms with van der Waals surface area (Å²) in [7, 11) is 0. The van der Waals surface area contributed by atoms with Crippen LogP contribution in [0.15, 0.2) is 17.7 Å². The predicted octanol–water partition coefficient (Wildman–Crippen LogP) is 4.06. The Morgan fingerprint density at radius 3 is 2.59 bits per heavy atom. The molecule has 27 heavy (non-hydrogen) atoms. The summed E-state index contributed by atoms with van der Waals surface area (Å²) in [4.78, 5) is 14.7. The first-order valence-electron chi connectivity index (χ1n) is 9.83. The first kappa shape index (κ1) is 21.7. The number of aromatic nitrogens is 2. The average Bonchev–Trinajstić information content (AvgIpc) is 2.85. The molecule has 1 aromatic heterocycles. The van der Waals surface area contributed by atoms with Gasteiger partial charge in [0.1, 0.15) is 5.15 Å². The molecule has 1 aromatic rings. The van der Waals surface area contributed by atoms with Crippen molar-refractivity contribution in [3.8, 4) is 0 Å². The van der Waals surface area contributed by atoms with E-state index in [4.69, 9.17) is 11.6 Å². The predicted molar refractivity (Wildman–Crippen MR) is 113 cm³/mol. The molecule has 6 heteroatoms. The van der Waals surface area contributed by atoms with Crippen LogP contribution in [0, 0.1) is 12.8 Å². The van der Waals surface area contributed by atoms with Crippen LogP contribution in [0.2, 0.25) is 5.15 Å². The fraction of sp³-hybridized carbons (Fsp3) is 0.619. The van der Waals surface area contributed by atoms with Crippen LogP contribution in [0.5, 0.6) is 0 Å². The lowest BCUT2D eigenvalue weighted by Gasteiger charge is -2.31. The van der Waals surface area contributed by atoms with E-state index in [1.54, 1.807) is 16.8 Å². The molecule has 0 spiro atoms. The van der Waals surface area contributed by atoms with E-state index in [-0.39, 0.29) is 11.9 Å². The second-order valence-electron chi connectivity index (χ2n) is 8.06. The van der Waals surface area contributed by atoms with Crippen molar-refractivity contribution in [1.29, 1.82) is 0 Å². The summed E-state index contributed by atoms with van der Waals surface area (Å²) in [6, 6.07) is 0.241. The zero-order chi connectivity index (χ0) is 20.0. The van der Waals surface area contributed by atoms with E-state index < -0.39 is 0 Å². The van der Waals surface area contributed by atoms with Gasteiger partial charge >= 0.3 is 0 Å². The summed E-state index contributed by atoms with van der Waals surface area (Å²) in [5.74, 6) is 0.398. The van der Waals surface area contributed by atoms with Crippen molar-refractivity contribution in [3.63, 3.8) is 0 Å². The minimum Gasteiger partial charge on any atom is -0.350 e. The summed E-state index contributed by atoms with van der Waals surface area (Å²) in [6.45, 7) is 14.2. The maximum absolute atomic E-state index is 12.3. The number of carbonyl (C=O) groups excluding carboxylic acids is 1. The van der Waals surface area contributed by atoms with Gasteiger partial charge in [0.15, 0.2) is 0 Å². The van der Waals surface area contributed by atoms with E-state index >= 15 is 0 Å². The van der Waals surface area contributed by atoms with Gasteiger partial charge in [0, 0.05) is 43.9 Å². The molecule has 1 fully saturated rings. The molecule has 2 heterocycles. The Morgan fingerprint density at radius 1 is 1.33 bits per heavy atom. The van der Waals surface area contributed by atoms with Crippen molar-refractivity contribution in [2.24, 2.45) is 5.92 Å². The smallest absolute Gasteiger partial charge is 0.244 e. The zero-order valence-electron chi connectivity index (χ0n) is 17.3. The first-order valence-corrected chi connectivity index (χ1v) is 10.2. The van der Waals surface area contributed by atoms with Crippen molar-refractivity contribution in [2.45, 2.75) is 60.0 Å². The van der Waals surface area contributed by atoms with Crippen LogP contribution in [-0.4, -0.2) is 46.3 Å². The number of rotatable bonds is 7. The fourth-order valence-electron chi connectivity index (χ4n) is 3.20. The minimum atomic E-state index is -0.0650. The van der Waals surface area contributed by atoms with Gasteiger partial charge in [-0.15, -0.1) is 0 Å². The molecule has 150 valence electrons. The molecule has 5 nitrogen and oxygen atoms in total. The fourth-order valence-corrected chi connectivity index (χ4v) is 3.51. The van der Waals surface area contributed by atoms with Crippen molar-refractivity contribution in [1.82, 2.24) is 20.0 Å². The number of nitrogens with zero attached hydrogens (tertiary/aromatic N) is 3. The third-order valence-corrected chi connectivity index (χ3v) is 5.14. The van der Waals surface area contributed by atoms with Crippen LogP contribution >= 0.6 is 11.6 Å². The van der Waals surface area contributed by atoms with Crippen LogP contribution < -0.4 is 5.32 Å². The molecule has 1 aliphatic rings. The molecule has 0 bridgehead atoms. The Balaban J connectivity index is 1.86. The number of hydrogen-bond acceptors (Lipinski definition) is 3. The maximum Gasteiger partial charge on any atom is 0.244 e. The molecule has 0 aliphatic carbocycles. The summed E-state index contributed by atoms with van der Waals surface area (Å²) < 4.78 is 1.81. The van der Waals surface area contributed by atoms with Gasteiger partial charge < -0.3 is 5.32 Å². The van der Waals surface area contributed by atoms with Crippen molar-refractivity contribution >= 4 is 23.6 Å². The number of halogens is 1. The van der Waals surface area contributed by atoms with Gasteiger partial charge in [-0.3, -0.25) is 14.4 Å². The number of carbonyl (C=O) groups is 1. The van der Waals surface area contributed by atoms with Crippen LogP contribution in [0.1, 0.15) is 51.8 Å². The van der Waals surface area contributed by atoms with E-state index in [1.807, 2.05) is 6.92 Å². The topological polar surface area (TPSA) is 50.2 Å². The van der Waals surface area contributed by atoms with Crippen LogP contribution in [0.25, 0.3) is 6.08 Å². The molecule has 0 atom stereocenters. The average molecular weight is 393 g/mol. The van der Waals surface area contributed by atoms with Crippen molar-refractivity contribution < 1.29 is 4.79 Å². The number of piperidine rings is 1. The molecule has 1 N–H and O–H groups in total. The Hall–Kier alpha value is -1.59. The van der Waals surface area contributed by atoms with E-state index in [0.717, 1.165) is 50.3 Å². The molecule has 1 saturated heterocycles. The highest BCUT2D eigenvalue weighted by atomic mass is 35.5. The summed E-state index contributed by atoms with van der Waals surface area (Å²) in [6.07, 6.45) is 7.59. The van der Waals surface area contributed by atoms with Gasteiger partial charge in [-0.2, -0.15) is 5.10 Å². The standard InChI is InChI=1S/C21H33ClN4O/c1-15(2)8-11-25-12-9-18(10-13-25)23-20(27)7-6-19-17(5)24-26(21(19)22)14-16(3)4/h6-8,16,18H,9-14H2,1-5H3,(H,23,27)/b7-6+. The van der Waals surface area contributed by atoms with Gasteiger partial charge in [0.25, 0.3) is 0 Å². The van der Waals surface area contributed by atoms with Crippen LogP contribution in [0.4, 0.5) is 0 Å². The second-order valence-corrected chi connectivity index (χ2v) is 8.42. The number of amides is 1. The molecule has 1 aliphatic heterocycles. The molecular formula is C21H33ClN4O. The molecule has 0 unspecified atom stereocenters. The lowest BCUT2D eigenvalue weighted by Crippen LogP contribution is -2.44. The van der Waals surface area contributed by atoms with Crippen LogP contribution in [-0.2, 0) is 11.3 Å². The van der Waals surface area contributed by atoms with Gasteiger partial charge in [-0.1, -0.05) is 37.1 Å². The van der Waals surface area contributed by atoms with Gasteiger partial charge in [-0.05, 0) is 45.6 Å². The first-order chi connectivity index (χ1) is 12.8. The van der Waals surface area contributed by atoms with Gasteiger partial charge in [-0.25, -0.2) is 0 Å². The summed E-state index contributed by atoms with van der Waals surface area (Å²) in [5, 5.41) is 8.18. The minimum absolute atomic E-state index is 0.0650. The Kier molecular flexibility index (Phi) is 8.11. The number of aryl methyl sites for hydroxylation is 1. The van der Waals surface area contributed by atoms with E-state index in [0.29, 0.717) is 11.1 Å². The highest BCUT2D eigenvalue weighted by Crippen LogP contribution is 2.22. The van der Waals surface area contributed by atoms with Gasteiger partial charge in [0.05, 0.1) is 5.69 Å². The highest BCUT2D eigenvalue weighted by Gasteiger charge is 2.19. The molecule has 1 amide bonds. The summed E-state index contributed by atoms with van der Waals surface area (Å²) >= 11 is 6.42. The maximum atomic E-state index is 12.3. The normalized spacial score (nSPS) is 16.3.